The van der Waals surface area contributed by atoms with Crippen molar-refractivity contribution >= 4 is 23.1 Å². The third-order valence-electron chi connectivity index (χ3n) is 3.70. The van der Waals surface area contributed by atoms with Gasteiger partial charge in [-0.05, 0) is 53.9 Å². The number of methoxy groups -OCH3 is 1. The molecule has 23 heavy (non-hydrogen) atoms. The van der Waals surface area contributed by atoms with Gasteiger partial charge in [0, 0.05) is 12.8 Å². The molecule has 2 atom stereocenters. The number of hydrogen-bond acceptors (Lipinski definition) is 4. The maximum Gasteiger partial charge on any atom is 0.319 e. The fraction of sp³-hybridized carbons (Fsp3) is 0.353. The molecule has 2 rings (SSSR count). The van der Waals surface area contributed by atoms with Crippen LogP contribution in [0.4, 0.5) is 10.5 Å². The number of ether oxygens (including phenoxy) is 1. The number of rotatable bonds is 6. The van der Waals surface area contributed by atoms with E-state index in [0.29, 0.717) is 5.69 Å². The molecule has 3 N–H and O–H groups in total. The number of anilines is 1. The Balaban J connectivity index is 1.92. The Morgan fingerprint density at radius 2 is 2.22 bits per heavy atom. The van der Waals surface area contributed by atoms with Gasteiger partial charge in [-0.25, -0.2) is 4.79 Å². The highest BCUT2D eigenvalue weighted by molar-refractivity contribution is 7.08. The zero-order chi connectivity index (χ0) is 16.9. The summed E-state index contributed by atoms with van der Waals surface area (Å²) in [5.41, 5.74) is 1.36. The normalized spacial score (nSPS) is 14.8. The van der Waals surface area contributed by atoms with E-state index in [4.69, 9.17) is 4.74 Å². The fourth-order valence-electron chi connectivity index (χ4n) is 2.11. The van der Waals surface area contributed by atoms with E-state index in [9.17, 15) is 9.90 Å². The van der Waals surface area contributed by atoms with Crippen LogP contribution in [0.3, 0.4) is 0 Å². The third kappa shape index (κ3) is 4.79. The van der Waals surface area contributed by atoms with Crippen molar-refractivity contribution in [1.29, 1.82) is 0 Å². The summed E-state index contributed by atoms with van der Waals surface area (Å²) >= 11 is 1.51. The lowest BCUT2D eigenvalue weighted by atomic mass is 9.99. The SMILES string of the molecule is COC(C)c1cccc(NC(=O)NCC(C)(O)c2ccsc2)c1. The highest BCUT2D eigenvalue weighted by Gasteiger charge is 2.24. The molecule has 2 amide bonds. The monoisotopic (exact) mass is 334 g/mol. The van der Waals surface area contributed by atoms with Crippen LogP contribution in [-0.2, 0) is 10.3 Å². The van der Waals surface area contributed by atoms with E-state index in [1.54, 1.807) is 14.0 Å². The van der Waals surface area contributed by atoms with Gasteiger partial charge in [-0.15, -0.1) is 0 Å². The first-order valence-electron chi connectivity index (χ1n) is 7.35. The molecular formula is C17H22N2O3S. The summed E-state index contributed by atoms with van der Waals surface area (Å²) in [4.78, 5) is 12.0. The average Bonchev–Trinajstić information content (AvgIpc) is 3.08. The highest BCUT2D eigenvalue weighted by atomic mass is 32.1. The molecule has 0 fully saturated rings. The van der Waals surface area contributed by atoms with Crippen LogP contribution in [0.25, 0.3) is 0 Å². The number of carbonyl (C=O) groups excluding carboxylic acids is 1. The number of hydrogen-bond donors (Lipinski definition) is 3. The van der Waals surface area contributed by atoms with Crippen LogP contribution in [0.1, 0.15) is 31.1 Å². The van der Waals surface area contributed by atoms with Crippen LogP contribution in [-0.4, -0.2) is 24.8 Å². The molecule has 0 bridgehead atoms. The van der Waals surface area contributed by atoms with Crippen molar-refractivity contribution in [2.24, 2.45) is 0 Å². The van der Waals surface area contributed by atoms with Gasteiger partial charge in [0.05, 0.1) is 12.6 Å². The lowest BCUT2D eigenvalue weighted by molar-refractivity contribution is 0.0604. The van der Waals surface area contributed by atoms with Crippen LogP contribution in [0.15, 0.2) is 41.1 Å². The molecule has 0 radical (unpaired) electrons. The molecule has 124 valence electrons. The smallest absolute Gasteiger partial charge is 0.319 e. The minimum atomic E-state index is -1.09. The lowest BCUT2D eigenvalue weighted by Gasteiger charge is -2.23. The molecule has 0 aliphatic heterocycles. The quantitative estimate of drug-likeness (QED) is 0.757. The van der Waals surface area contributed by atoms with Gasteiger partial charge in [0.2, 0.25) is 0 Å². The summed E-state index contributed by atoms with van der Waals surface area (Å²) in [6.07, 6.45) is -0.0425. The molecular weight excluding hydrogens is 312 g/mol. The second kappa shape index (κ2) is 7.59. The molecule has 2 unspecified atom stereocenters. The van der Waals surface area contributed by atoms with Crippen LogP contribution in [0.5, 0.6) is 0 Å². The molecule has 0 aliphatic carbocycles. The van der Waals surface area contributed by atoms with Crippen molar-refractivity contribution in [3.05, 3.63) is 52.2 Å². The van der Waals surface area contributed by atoms with E-state index in [-0.39, 0.29) is 18.7 Å². The number of amides is 2. The van der Waals surface area contributed by atoms with Gasteiger partial charge in [-0.2, -0.15) is 11.3 Å². The molecule has 0 spiro atoms. The molecule has 0 saturated carbocycles. The summed E-state index contributed by atoms with van der Waals surface area (Å²) in [7, 11) is 1.64. The van der Waals surface area contributed by atoms with Gasteiger partial charge >= 0.3 is 6.03 Å². The molecule has 1 aromatic heterocycles. The number of benzene rings is 1. The standard InChI is InChI=1S/C17H22N2O3S/c1-12(22-3)13-5-4-6-15(9-13)19-16(20)18-11-17(2,21)14-7-8-23-10-14/h4-10,12,21H,11H2,1-3H3,(H2,18,19,20). The second-order valence-corrected chi connectivity index (χ2v) is 6.38. The molecule has 0 saturated heterocycles. The van der Waals surface area contributed by atoms with Crippen LogP contribution in [0.2, 0.25) is 0 Å². The second-order valence-electron chi connectivity index (χ2n) is 5.60. The van der Waals surface area contributed by atoms with E-state index in [0.717, 1.165) is 11.1 Å². The molecule has 5 nitrogen and oxygen atoms in total. The Hall–Kier alpha value is -1.89. The van der Waals surface area contributed by atoms with Gasteiger partial charge in [-0.3, -0.25) is 0 Å². The summed E-state index contributed by atoms with van der Waals surface area (Å²) < 4.78 is 5.27. The minimum absolute atomic E-state index is 0.0425. The Kier molecular flexibility index (Phi) is 5.76. The molecule has 6 heteroatoms. The van der Waals surface area contributed by atoms with E-state index < -0.39 is 5.60 Å². The molecule has 1 aromatic carbocycles. The molecule has 0 aliphatic rings. The molecule has 2 aromatic rings. The largest absolute Gasteiger partial charge is 0.384 e. The average molecular weight is 334 g/mol. The van der Waals surface area contributed by atoms with Gasteiger partial charge in [0.25, 0.3) is 0 Å². The first-order chi connectivity index (χ1) is 10.9. The summed E-state index contributed by atoms with van der Waals surface area (Å²) in [5, 5.41) is 19.6. The van der Waals surface area contributed by atoms with Crippen molar-refractivity contribution in [2.45, 2.75) is 25.6 Å². The van der Waals surface area contributed by atoms with Gasteiger partial charge in [0.1, 0.15) is 5.60 Å². The van der Waals surface area contributed by atoms with E-state index in [1.165, 1.54) is 11.3 Å². The number of aliphatic hydroxyl groups is 1. The topological polar surface area (TPSA) is 70.6 Å². The maximum atomic E-state index is 12.0. The van der Waals surface area contributed by atoms with Crippen molar-refractivity contribution in [1.82, 2.24) is 5.32 Å². The van der Waals surface area contributed by atoms with Crippen LogP contribution < -0.4 is 10.6 Å². The van der Waals surface area contributed by atoms with Gasteiger partial charge < -0.3 is 20.5 Å². The molecule has 1 heterocycles. The zero-order valence-electron chi connectivity index (χ0n) is 13.5. The van der Waals surface area contributed by atoms with E-state index in [1.807, 2.05) is 48.0 Å². The van der Waals surface area contributed by atoms with Crippen molar-refractivity contribution < 1.29 is 14.6 Å². The Bertz CT molecular complexity index is 641. The fourth-order valence-corrected chi connectivity index (χ4v) is 2.89. The maximum absolute atomic E-state index is 12.0. The number of carbonyl (C=O) groups is 1. The predicted octanol–water partition coefficient (Wildman–Crippen LogP) is 3.48. The number of nitrogens with one attached hydrogen (secondary N) is 2. The Labute approximate surface area is 140 Å². The summed E-state index contributed by atoms with van der Waals surface area (Å²) in [6, 6.07) is 8.97. The summed E-state index contributed by atoms with van der Waals surface area (Å²) in [5.74, 6) is 0. The summed E-state index contributed by atoms with van der Waals surface area (Å²) in [6.45, 7) is 3.75. The van der Waals surface area contributed by atoms with Crippen LogP contribution >= 0.6 is 11.3 Å². The van der Waals surface area contributed by atoms with Gasteiger partial charge in [0.15, 0.2) is 0 Å². The van der Waals surface area contributed by atoms with Crippen LogP contribution in [0, 0.1) is 0 Å². The van der Waals surface area contributed by atoms with E-state index >= 15 is 0 Å². The first-order valence-corrected chi connectivity index (χ1v) is 8.29. The van der Waals surface area contributed by atoms with E-state index in [2.05, 4.69) is 10.6 Å². The first kappa shape index (κ1) is 17.5. The predicted molar refractivity (Wildman–Crippen MR) is 92.8 cm³/mol. The van der Waals surface area contributed by atoms with Crippen molar-refractivity contribution in [2.75, 3.05) is 19.0 Å². The zero-order valence-corrected chi connectivity index (χ0v) is 14.3. The number of urea groups is 1. The number of thiophene rings is 1. The Morgan fingerprint density at radius 1 is 1.43 bits per heavy atom. The minimum Gasteiger partial charge on any atom is -0.384 e. The lowest BCUT2D eigenvalue weighted by Crippen LogP contribution is -2.40. The van der Waals surface area contributed by atoms with Crippen molar-refractivity contribution in [3.63, 3.8) is 0 Å². The Morgan fingerprint density at radius 3 is 2.87 bits per heavy atom. The van der Waals surface area contributed by atoms with Crippen molar-refractivity contribution in [3.8, 4) is 0 Å². The van der Waals surface area contributed by atoms with Gasteiger partial charge in [-0.1, -0.05) is 12.1 Å². The third-order valence-corrected chi connectivity index (χ3v) is 4.39. The highest BCUT2D eigenvalue weighted by Crippen LogP contribution is 2.22.